The van der Waals surface area contributed by atoms with Gasteiger partial charge < -0.3 is 4.90 Å². The zero-order chi connectivity index (χ0) is 11.1. The van der Waals surface area contributed by atoms with E-state index in [-0.39, 0.29) is 24.5 Å². The number of carbonyl (C=O) groups excluding carboxylic acids is 2. The van der Waals surface area contributed by atoms with Crippen molar-refractivity contribution in [1.29, 1.82) is 0 Å². The number of imide groups is 1. The smallest absolute Gasteiger partial charge is 0.313 e. The molecule has 0 aromatic rings. The van der Waals surface area contributed by atoms with Crippen LogP contribution in [0.3, 0.4) is 0 Å². The maximum absolute atomic E-state index is 11.8. The summed E-state index contributed by atoms with van der Waals surface area (Å²) in [6.45, 7) is 9.65. The molecule has 3 amide bonds. The van der Waals surface area contributed by atoms with Crippen LogP contribution in [-0.4, -0.2) is 39.9 Å². The van der Waals surface area contributed by atoms with Crippen LogP contribution in [0, 0.1) is 0 Å². The molecule has 1 saturated heterocycles. The normalized spacial score (nSPS) is 18.7. The fraction of sp³-hybridized carbons (Fsp3) is 0.800. The van der Waals surface area contributed by atoms with Crippen LogP contribution >= 0.6 is 0 Å². The van der Waals surface area contributed by atoms with Crippen LogP contribution in [0.1, 0.15) is 34.6 Å². The number of hydrogen-bond donors (Lipinski definition) is 0. The first kappa shape index (κ1) is 11.0. The van der Waals surface area contributed by atoms with Crippen LogP contribution in [0.25, 0.3) is 0 Å². The SMILES string of the molecule is CC(C)N1CC(=O)N(C(C)(C)C)C1=O. The molecule has 1 aliphatic rings. The molecule has 4 nitrogen and oxygen atoms in total. The third-order valence-corrected chi connectivity index (χ3v) is 2.29. The molecule has 14 heavy (non-hydrogen) atoms. The van der Waals surface area contributed by atoms with Gasteiger partial charge in [-0.2, -0.15) is 0 Å². The van der Waals surface area contributed by atoms with Crippen molar-refractivity contribution < 1.29 is 9.59 Å². The first-order valence-corrected chi connectivity index (χ1v) is 4.89. The number of urea groups is 1. The summed E-state index contributed by atoms with van der Waals surface area (Å²) in [5, 5.41) is 0. The van der Waals surface area contributed by atoms with Crippen LogP contribution < -0.4 is 0 Å². The fourth-order valence-corrected chi connectivity index (χ4v) is 1.58. The average Bonchev–Trinajstić information content (AvgIpc) is 2.24. The zero-order valence-electron chi connectivity index (χ0n) is 9.50. The molecule has 0 N–H and O–H groups in total. The number of amides is 3. The highest BCUT2D eigenvalue weighted by atomic mass is 16.2. The van der Waals surface area contributed by atoms with Gasteiger partial charge in [0, 0.05) is 11.6 Å². The highest BCUT2D eigenvalue weighted by molar-refractivity contribution is 6.02. The second-order valence-corrected chi connectivity index (χ2v) is 4.90. The molecule has 1 rings (SSSR count). The predicted octanol–water partition coefficient (Wildman–Crippen LogP) is 1.46. The minimum Gasteiger partial charge on any atom is -0.313 e. The lowest BCUT2D eigenvalue weighted by molar-refractivity contribution is -0.128. The third kappa shape index (κ3) is 1.74. The molecule has 1 fully saturated rings. The van der Waals surface area contributed by atoms with Crippen molar-refractivity contribution in [3.8, 4) is 0 Å². The van der Waals surface area contributed by atoms with Gasteiger partial charge in [-0.15, -0.1) is 0 Å². The van der Waals surface area contributed by atoms with Crippen LogP contribution in [0.15, 0.2) is 0 Å². The predicted molar refractivity (Wildman–Crippen MR) is 53.8 cm³/mol. The van der Waals surface area contributed by atoms with E-state index in [9.17, 15) is 9.59 Å². The first-order valence-electron chi connectivity index (χ1n) is 4.89. The van der Waals surface area contributed by atoms with Crippen molar-refractivity contribution in [2.45, 2.75) is 46.2 Å². The van der Waals surface area contributed by atoms with Crippen molar-refractivity contribution >= 4 is 11.9 Å². The quantitative estimate of drug-likeness (QED) is 0.598. The summed E-state index contributed by atoms with van der Waals surface area (Å²) >= 11 is 0. The molecule has 0 aromatic heterocycles. The average molecular weight is 198 g/mol. The Balaban J connectivity index is 2.92. The van der Waals surface area contributed by atoms with Gasteiger partial charge in [0.1, 0.15) is 6.54 Å². The zero-order valence-corrected chi connectivity index (χ0v) is 9.50. The minimum atomic E-state index is -0.419. The fourth-order valence-electron chi connectivity index (χ4n) is 1.58. The van der Waals surface area contributed by atoms with Crippen LogP contribution in [-0.2, 0) is 4.79 Å². The molecular formula is C10H18N2O2. The molecular weight excluding hydrogens is 180 g/mol. The van der Waals surface area contributed by atoms with Crippen molar-refractivity contribution in [2.75, 3.05) is 6.54 Å². The summed E-state index contributed by atoms with van der Waals surface area (Å²) in [5.41, 5.74) is -0.419. The molecule has 0 bridgehead atoms. The molecule has 0 aliphatic carbocycles. The Morgan fingerprint density at radius 3 is 1.93 bits per heavy atom. The summed E-state index contributed by atoms with van der Waals surface area (Å²) in [6, 6.07) is -0.0868. The molecule has 0 unspecified atom stereocenters. The van der Waals surface area contributed by atoms with Gasteiger partial charge in [0.05, 0.1) is 0 Å². The standard InChI is InChI=1S/C10H18N2O2/c1-7(2)11-6-8(13)12(9(11)14)10(3,4)5/h7H,6H2,1-5H3. The number of carbonyl (C=O) groups is 2. The molecule has 1 aliphatic heterocycles. The van der Waals surface area contributed by atoms with E-state index in [4.69, 9.17) is 0 Å². The van der Waals surface area contributed by atoms with Gasteiger partial charge in [-0.3, -0.25) is 9.69 Å². The molecule has 0 radical (unpaired) electrons. The Bertz CT molecular complexity index is 266. The molecule has 80 valence electrons. The van der Waals surface area contributed by atoms with Crippen LogP contribution in [0.2, 0.25) is 0 Å². The molecule has 0 atom stereocenters. The van der Waals surface area contributed by atoms with E-state index in [1.165, 1.54) is 4.90 Å². The van der Waals surface area contributed by atoms with Crippen LogP contribution in [0.4, 0.5) is 4.79 Å². The lowest BCUT2D eigenvalue weighted by Gasteiger charge is -2.30. The van der Waals surface area contributed by atoms with Crippen molar-refractivity contribution in [3.63, 3.8) is 0 Å². The summed E-state index contributed by atoms with van der Waals surface area (Å²) in [4.78, 5) is 26.4. The van der Waals surface area contributed by atoms with Gasteiger partial charge in [-0.25, -0.2) is 4.79 Å². The van der Waals surface area contributed by atoms with Crippen molar-refractivity contribution in [3.05, 3.63) is 0 Å². The third-order valence-electron chi connectivity index (χ3n) is 2.29. The molecule has 0 spiro atoms. The maximum atomic E-state index is 11.8. The van der Waals surface area contributed by atoms with Gasteiger partial charge in [-0.05, 0) is 34.6 Å². The number of rotatable bonds is 1. The summed E-state index contributed by atoms with van der Waals surface area (Å²) < 4.78 is 0. The Labute approximate surface area is 84.9 Å². The molecule has 1 heterocycles. The second kappa shape index (κ2) is 3.26. The minimum absolute atomic E-state index is 0.0822. The van der Waals surface area contributed by atoms with Gasteiger partial charge in [0.25, 0.3) is 5.91 Å². The number of hydrogen-bond acceptors (Lipinski definition) is 2. The summed E-state index contributed by atoms with van der Waals surface area (Å²) in [6.07, 6.45) is 0. The highest BCUT2D eigenvalue weighted by Gasteiger charge is 2.42. The van der Waals surface area contributed by atoms with Crippen molar-refractivity contribution in [2.24, 2.45) is 0 Å². The van der Waals surface area contributed by atoms with E-state index in [1.54, 1.807) is 4.90 Å². The Morgan fingerprint density at radius 1 is 1.21 bits per heavy atom. The summed E-state index contributed by atoms with van der Waals surface area (Å²) in [5.74, 6) is -0.101. The highest BCUT2D eigenvalue weighted by Crippen LogP contribution is 2.22. The van der Waals surface area contributed by atoms with E-state index in [2.05, 4.69) is 0 Å². The van der Waals surface area contributed by atoms with Crippen LogP contribution in [0.5, 0.6) is 0 Å². The van der Waals surface area contributed by atoms with Gasteiger partial charge >= 0.3 is 6.03 Å². The molecule has 0 saturated carbocycles. The Morgan fingerprint density at radius 2 is 1.71 bits per heavy atom. The van der Waals surface area contributed by atoms with Gasteiger partial charge in [0.2, 0.25) is 0 Å². The molecule has 4 heteroatoms. The lowest BCUT2D eigenvalue weighted by Crippen LogP contribution is -2.47. The Hall–Kier alpha value is -1.06. The first-order chi connectivity index (χ1) is 6.25. The van der Waals surface area contributed by atoms with Crippen molar-refractivity contribution in [1.82, 2.24) is 9.80 Å². The maximum Gasteiger partial charge on any atom is 0.327 e. The van der Waals surface area contributed by atoms with E-state index < -0.39 is 5.54 Å². The van der Waals surface area contributed by atoms with Gasteiger partial charge in [0.15, 0.2) is 0 Å². The Kier molecular flexibility index (Phi) is 2.56. The van der Waals surface area contributed by atoms with Gasteiger partial charge in [-0.1, -0.05) is 0 Å². The lowest BCUT2D eigenvalue weighted by atomic mass is 10.1. The van der Waals surface area contributed by atoms with E-state index in [1.807, 2.05) is 34.6 Å². The van der Waals surface area contributed by atoms with E-state index in [0.29, 0.717) is 0 Å². The summed E-state index contributed by atoms with van der Waals surface area (Å²) in [7, 11) is 0. The topological polar surface area (TPSA) is 40.6 Å². The number of nitrogens with zero attached hydrogens (tertiary/aromatic N) is 2. The second-order valence-electron chi connectivity index (χ2n) is 4.90. The van der Waals surface area contributed by atoms with E-state index >= 15 is 0 Å². The van der Waals surface area contributed by atoms with E-state index in [0.717, 1.165) is 0 Å². The monoisotopic (exact) mass is 198 g/mol. The molecule has 0 aromatic carbocycles. The largest absolute Gasteiger partial charge is 0.327 e.